The first kappa shape index (κ1) is 13.3. The molecule has 1 aromatic heterocycles. The zero-order chi connectivity index (χ0) is 14.9. The summed E-state index contributed by atoms with van der Waals surface area (Å²) in [6, 6.07) is 14.2. The molecule has 0 unspecified atom stereocenters. The predicted molar refractivity (Wildman–Crippen MR) is 84.7 cm³/mol. The topological polar surface area (TPSA) is 42.4 Å². The van der Waals surface area contributed by atoms with Crippen molar-refractivity contribution < 1.29 is 9.53 Å². The molecule has 1 aromatic carbocycles. The van der Waals surface area contributed by atoms with Gasteiger partial charge in [0.1, 0.15) is 11.9 Å². The molecule has 2 fully saturated rings. The van der Waals surface area contributed by atoms with Crippen molar-refractivity contribution in [2.75, 3.05) is 4.90 Å². The van der Waals surface area contributed by atoms with Gasteiger partial charge in [0, 0.05) is 11.8 Å². The number of rotatable bonds is 2. The van der Waals surface area contributed by atoms with Gasteiger partial charge in [0.25, 0.3) is 0 Å². The second-order valence-electron chi connectivity index (χ2n) is 5.92. The van der Waals surface area contributed by atoms with Crippen LogP contribution in [0.2, 0.25) is 0 Å². The summed E-state index contributed by atoms with van der Waals surface area (Å²) in [4.78, 5) is 18.4. The summed E-state index contributed by atoms with van der Waals surface area (Å²) < 4.78 is 5.49. The summed E-state index contributed by atoms with van der Waals surface area (Å²) in [5, 5.41) is 0. The molecule has 4 heteroatoms. The van der Waals surface area contributed by atoms with Gasteiger partial charge >= 0.3 is 6.09 Å². The van der Waals surface area contributed by atoms with Crippen molar-refractivity contribution in [1.82, 2.24) is 4.98 Å². The van der Waals surface area contributed by atoms with Crippen LogP contribution in [0.15, 0.2) is 48.7 Å². The van der Waals surface area contributed by atoms with E-state index >= 15 is 0 Å². The van der Waals surface area contributed by atoms with Gasteiger partial charge in [-0.15, -0.1) is 0 Å². The summed E-state index contributed by atoms with van der Waals surface area (Å²) in [7, 11) is 0. The van der Waals surface area contributed by atoms with Gasteiger partial charge in [0.2, 0.25) is 0 Å². The Balaban J connectivity index is 1.62. The number of carbonyl (C=O) groups excluding carboxylic acids is 1. The smallest absolute Gasteiger partial charge is 0.416 e. The number of hydrogen-bond donors (Lipinski definition) is 0. The standard InChI is InChI=1S/C18H18N2O2/c21-18-20(15-8-4-5-9-16(15)22-18)17-11-10-14(12-19-17)13-6-2-1-3-7-13/h1-3,6-7,10-12,15-16H,4-5,8-9H2/t15-,16+/m1/s1. The SMILES string of the molecule is O=C1O[C@H]2CCCC[C@H]2N1c1ccc(-c2ccccc2)cn1. The maximum Gasteiger partial charge on any atom is 0.416 e. The number of fused-ring (bicyclic) bond motifs is 1. The molecule has 4 nitrogen and oxygen atoms in total. The quantitative estimate of drug-likeness (QED) is 0.840. The molecule has 0 radical (unpaired) electrons. The number of nitrogens with zero attached hydrogens (tertiary/aromatic N) is 2. The predicted octanol–water partition coefficient (Wildman–Crippen LogP) is 4.02. The van der Waals surface area contributed by atoms with Crippen LogP contribution in [0.3, 0.4) is 0 Å². The third kappa shape index (κ3) is 2.25. The van der Waals surface area contributed by atoms with Gasteiger partial charge in [-0.3, -0.25) is 4.90 Å². The van der Waals surface area contributed by atoms with Gasteiger partial charge in [-0.2, -0.15) is 0 Å². The Morgan fingerprint density at radius 3 is 2.59 bits per heavy atom. The summed E-state index contributed by atoms with van der Waals surface area (Å²) in [6.07, 6.45) is 5.87. The Bertz CT molecular complexity index is 669. The number of aromatic nitrogens is 1. The first-order chi connectivity index (χ1) is 10.8. The second kappa shape index (κ2) is 5.44. The van der Waals surface area contributed by atoms with Crippen LogP contribution < -0.4 is 4.90 Å². The van der Waals surface area contributed by atoms with E-state index in [1.165, 1.54) is 0 Å². The number of amides is 1. The van der Waals surface area contributed by atoms with E-state index in [4.69, 9.17) is 4.74 Å². The zero-order valence-corrected chi connectivity index (χ0v) is 12.3. The van der Waals surface area contributed by atoms with Crippen molar-refractivity contribution >= 4 is 11.9 Å². The summed E-state index contributed by atoms with van der Waals surface area (Å²) in [5.74, 6) is 0.694. The van der Waals surface area contributed by atoms with Crippen LogP contribution in [0.4, 0.5) is 10.6 Å². The molecular formula is C18H18N2O2. The van der Waals surface area contributed by atoms with Gasteiger partial charge in [0.05, 0.1) is 6.04 Å². The molecule has 1 aliphatic carbocycles. The molecule has 1 aliphatic heterocycles. The summed E-state index contributed by atoms with van der Waals surface area (Å²) >= 11 is 0. The van der Waals surface area contributed by atoms with Gasteiger partial charge < -0.3 is 4.74 Å². The normalized spacial score (nSPS) is 24.0. The molecule has 22 heavy (non-hydrogen) atoms. The Morgan fingerprint density at radius 1 is 1.00 bits per heavy atom. The van der Waals surface area contributed by atoms with Gasteiger partial charge in [-0.1, -0.05) is 36.8 Å². The maximum absolute atomic E-state index is 12.2. The summed E-state index contributed by atoms with van der Waals surface area (Å²) in [6.45, 7) is 0. The fourth-order valence-corrected chi connectivity index (χ4v) is 3.43. The van der Waals surface area contributed by atoms with Crippen LogP contribution >= 0.6 is 0 Å². The van der Waals surface area contributed by atoms with Crippen LogP contribution in [-0.4, -0.2) is 23.2 Å². The molecule has 0 bridgehead atoms. The highest BCUT2D eigenvalue weighted by atomic mass is 16.6. The molecule has 2 aliphatic rings. The van der Waals surface area contributed by atoms with Crippen LogP contribution in [-0.2, 0) is 4.74 Å². The molecule has 112 valence electrons. The zero-order valence-electron chi connectivity index (χ0n) is 12.3. The monoisotopic (exact) mass is 294 g/mol. The first-order valence-electron chi connectivity index (χ1n) is 7.84. The van der Waals surface area contributed by atoms with Crippen molar-refractivity contribution in [2.24, 2.45) is 0 Å². The van der Waals surface area contributed by atoms with Gasteiger partial charge in [0.15, 0.2) is 0 Å². The molecule has 1 saturated heterocycles. The first-order valence-corrected chi connectivity index (χ1v) is 7.84. The van der Waals surface area contributed by atoms with E-state index in [0.29, 0.717) is 5.82 Å². The number of anilines is 1. The number of carbonyl (C=O) groups is 1. The number of hydrogen-bond acceptors (Lipinski definition) is 3. The fraction of sp³-hybridized carbons (Fsp3) is 0.333. The Morgan fingerprint density at radius 2 is 1.82 bits per heavy atom. The minimum Gasteiger partial charge on any atom is -0.444 e. The van der Waals surface area contributed by atoms with E-state index in [9.17, 15) is 4.79 Å². The molecular weight excluding hydrogens is 276 g/mol. The third-order valence-electron chi connectivity index (χ3n) is 4.55. The molecule has 1 saturated carbocycles. The minimum atomic E-state index is -0.253. The maximum atomic E-state index is 12.2. The largest absolute Gasteiger partial charge is 0.444 e. The Kier molecular flexibility index (Phi) is 3.29. The highest BCUT2D eigenvalue weighted by molar-refractivity contribution is 5.89. The lowest BCUT2D eigenvalue weighted by atomic mass is 9.92. The van der Waals surface area contributed by atoms with Crippen molar-refractivity contribution in [3.63, 3.8) is 0 Å². The lowest BCUT2D eigenvalue weighted by Gasteiger charge is -2.27. The van der Waals surface area contributed by atoms with Crippen LogP contribution in [0.25, 0.3) is 11.1 Å². The van der Waals surface area contributed by atoms with E-state index in [1.54, 1.807) is 4.90 Å². The number of ether oxygens (including phenoxy) is 1. The molecule has 1 amide bonds. The molecule has 2 atom stereocenters. The van der Waals surface area contributed by atoms with Crippen molar-refractivity contribution in [3.05, 3.63) is 48.7 Å². The number of benzene rings is 1. The molecule has 4 rings (SSSR count). The average Bonchev–Trinajstić information content (AvgIpc) is 2.91. The molecule has 0 spiro atoms. The summed E-state index contributed by atoms with van der Waals surface area (Å²) in [5.41, 5.74) is 2.18. The Hall–Kier alpha value is -2.36. The fourth-order valence-electron chi connectivity index (χ4n) is 3.43. The Labute approximate surface area is 129 Å². The highest BCUT2D eigenvalue weighted by Gasteiger charge is 2.44. The third-order valence-corrected chi connectivity index (χ3v) is 4.55. The molecule has 2 heterocycles. The minimum absolute atomic E-state index is 0.0387. The van der Waals surface area contributed by atoms with E-state index < -0.39 is 0 Å². The van der Waals surface area contributed by atoms with Gasteiger partial charge in [-0.25, -0.2) is 9.78 Å². The van der Waals surface area contributed by atoms with E-state index in [2.05, 4.69) is 17.1 Å². The van der Waals surface area contributed by atoms with Crippen LogP contribution in [0, 0.1) is 0 Å². The van der Waals surface area contributed by atoms with Crippen molar-refractivity contribution in [3.8, 4) is 11.1 Å². The highest BCUT2D eigenvalue weighted by Crippen LogP contribution is 2.34. The average molecular weight is 294 g/mol. The van der Waals surface area contributed by atoms with Crippen molar-refractivity contribution in [2.45, 2.75) is 37.8 Å². The second-order valence-corrected chi connectivity index (χ2v) is 5.92. The molecule has 2 aromatic rings. The number of pyridine rings is 1. The van der Waals surface area contributed by atoms with Crippen LogP contribution in [0.5, 0.6) is 0 Å². The van der Waals surface area contributed by atoms with Crippen LogP contribution in [0.1, 0.15) is 25.7 Å². The lowest BCUT2D eigenvalue weighted by molar-refractivity contribution is 0.113. The molecule has 0 N–H and O–H groups in total. The van der Waals surface area contributed by atoms with Gasteiger partial charge in [-0.05, 0) is 37.0 Å². The van der Waals surface area contributed by atoms with Crippen molar-refractivity contribution in [1.29, 1.82) is 0 Å². The van der Waals surface area contributed by atoms with E-state index in [-0.39, 0.29) is 18.2 Å². The van der Waals surface area contributed by atoms with E-state index in [1.807, 2.05) is 36.5 Å². The lowest BCUT2D eigenvalue weighted by Crippen LogP contribution is -2.39. The van der Waals surface area contributed by atoms with E-state index in [0.717, 1.165) is 36.8 Å².